The second-order valence-electron chi connectivity index (χ2n) is 23.5. The molecule has 8 rings (SSSR count). The maximum Gasteiger partial charge on any atom is 0.237 e. The van der Waals surface area contributed by atoms with Crippen molar-refractivity contribution in [2.75, 3.05) is 170 Å². The molecule has 0 aromatic rings. The number of Topliss-reactive ketones (excluding diaryl/α,β-unsaturated/α-hetero) is 3. The number of carbonyl (C=O) groups is 10. The van der Waals surface area contributed by atoms with Crippen molar-refractivity contribution in [2.24, 2.45) is 5.73 Å². The average molecular weight is 1620 g/mol. The van der Waals surface area contributed by atoms with Gasteiger partial charge in [0.05, 0.1) is 70.3 Å². The molecule has 8 fully saturated rings. The summed E-state index contributed by atoms with van der Waals surface area (Å²) in [6, 6.07) is 1.06. The van der Waals surface area contributed by atoms with Crippen molar-refractivity contribution in [1.29, 1.82) is 0 Å². The van der Waals surface area contributed by atoms with Crippen LogP contribution in [0.15, 0.2) is 0 Å². The number of nitrogens with zero attached hydrogens (tertiary/aromatic N) is 8. The molecule has 52 radical (unpaired) electrons. The summed E-state index contributed by atoms with van der Waals surface area (Å²) in [7, 11) is 126. The predicted octanol–water partition coefficient (Wildman–Crippen LogP) is -13.9. The first-order valence-electron chi connectivity index (χ1n) is 34.9. The van der Waals surface area contributed by atoms with E-state index in [1.54, 1.807) is 37.7 Å². The molecule has 115 heavy (non-hydrogen) atoms. The van der Waals surface area contributed by atoms with E-state index >= 15 is 0 Å². The third kappa shape index (κ3) is 92.4. The van der Waals surface area contributed by atoms with E-state index in [0.717, 1.165) is 72.2 Å². The number of likely N-dealkylation sites (tertiary alicyclic amines) is 4. The van der Waals surface area contributed by atoms with E-state index in [1.165, 1.54) is 32.4 Å². The molecule has 3 unspecified atom stereocenters. The third-order valence-corrected chi connectivity index (χ3v) is 15.3. The topological polar surface area (TPSA) is 280 Å². The number of hydrogen-bond donors (Lipinski definition) is 5. The number of likely N-dealkylation sites (N-methyl/N-ethyl adjacent to an activating group) is 1. The fourth-order valence-electron chi connectivity index (χ4n) is 6.99. The highest BCUT2D eigenvalue weighted by Crippen LogP contribution is 2.18. The second kappa shape index (κ2) is 95.6. The van der Waals surface area contributed by atoms with Crippen LogP contribution < -0.4 is 26.8 Å². The molecule has 0 saturated carbocycles. The molecule has 24 nitrogen and oxygen atoms in total. The first kappa shape index (κ1) is 143. The number of amides is 6. The summed E-state index contributed by atoms with van der Waals surface area (Å²) >= 11 is 9.55. The van der Waals surface area contributed by atoms with E-state index in [4.69, 9.17) is 153 Å². The smallest absolute Gasteiger partial charge is 0.237 e. The van der Waals surface area contributed by atoms with E-state index in [1.807, 2.05) is 52.1 Å². The van der Waals surface area contributed by atoms with Crippen molar-refractivity contribution in [1.82, 2.24) is 60.0 Å². The monoisotopic (exact) mass is 1620 g/mol. The van der Waals surface area contributed by atoms with E-state index in [0.29, 0.717) is 103 Å². The largest absolute Gasteiger partial charge is 0.385 e. The highest BCUT2D eigenvalue weighted by Gasteiger charge is 2.38. The van der Waals surface area contributed by atoms with Crippen LogP contribution in [0.25, 0.3) is 0 Å². The van der Waals surface area contributed by atoms with Gasteiger partial charge in [-0.1, -0.05) is 54.9 Å². The van der Waals surface area contributed by atoms with Crippen molar-refractivity contribution >= 4 is 374 Å². The molecule has 65 heteroatoms. The van der Waals surface area contributed by atoms with E-state index < -0.39 is 56.3 Å². The Morgan fingerprint density at radius 1 is 0.583 bits per heavy atom. The molecule has 6 N–H and O–H groups in total. The number of nitrogens with one attached hydrogen (secondary N) is 4. The van der Waals surface area contributed by atoms with Gasteiger partial charge in [0.15, 0.2) is 17.3 Å². The minimum absolute atomic E-state index is 0. The Morgan fingerprint density at radius 2 is 0.930 bits per heavy atom. The fourth-order valence-corrected chi connectivity index (χ4v) is 7.77. The Kier molecular flexibility index (Phi) is 119. The molecule has 0 aromatic heterocycles. The summed E-state index contributed by atoms with van der Waals surface area (Å²) < 4.78 is 6.43. The second-order valence-corrected chi connectivity index (χ2v) is 25.9. The molecular formula is C50H104B36Cl2N13O11P3. The number of halogens is 2. The molecule has 8 aliphatic rings. The molecule has 0 aliphatic carbocycles. The molecule has 6 amide bonds. The lowest BCUT2D eigenvalue weighted by Crippen LogP contribution is -2.65. The number of methoxy groups -OCH3 is 1. The van der Waals surface area contributed by atoms with Crippen LogP contribution in [0.3, 0.4) is 0 Å². The third-order valence-electron chi connectivity index (χ3n) is 13.7. The zero-order valence-corrected chi connectivity index (χ0v) is 72.3. The fraction of sp³-hybridized carbons (Fsp3) is 0.800. The van der Waals surface area contributed by atoms with Crippen LogP contribution >= 0.6 is 51.2 Å². The maximum atomic E-state index is 11.7. The molecule has 3 atom stereocenters. The average Bonchev–Trinajstić information content (AvgIpc) is 0.808. The van der Waals surface area contributed by atoms with Crippen LogP contribution in [0.5, 0.6) is 0 Å². The lowest BCUT2D eigenvalue weighted by molar-refractivity contribution is -0.148. The summed E-state index contributed by atoms with van der Waals surface area (Å²) in [5.74, 6) is 1.46. The molecule has 572 valence electrons. The first-order valence-corrected chi connectivity index (χ1v) is 37.7. The number of piperazine rings is 2. The Bertz CT molecular complexity index is 2320. The summed E-state index contributed by atoms with van der Waals surface area (Å²) in [5.41, 5.74) is 5.06. The van der Waals surface area contributed by atoms with Gasteiger partial charge in [0, 0.05) is 391 Å². The number of ether oxygens (including phenoxy) is 1. The molecule has 8 saturated heterocycles. The molecule has 0 spiro atoms. The molecule has 8 heterocycles. The Balaban J connectivity index is -0.0000000896. The van der Waals surface area contributed by atoms with Crippen LogP contribution in [-0.2, 0) is 52.7 Å². The van der Waals surface area contributed by atoms with Crippen LogP contribution in [0, 0.1) is 0 Å². The van der Waals surface area contributed by atoms with Crippen LogP contribution in [0.1, 0.15) is 77.2 Å². The molecular weight excluding hydrogens is 1510 g/mol. The SMILES string of the molecule is C.C.C.CC.CC(=O)N1CC(=O)C1.CC(=O)N1CC(N2CCN(C)CC2=O)C1.CC(=O)N1CC(N2CCNCC2=O)C1.CC(=O)N1CC(NCCCP)C1.CCOC.NCCNP.O=C(Cl)CCl.O=C1CN(P)C1.O=C1CNC1.[B].[B]B([B])B([B])B([B])[B].[B]B([B])B([B])[B].[B]B([B])[B].[B][B].[B][B]B([B])B([B])[B].[B][B]B([B])[B].[B][B][B]. The highest BCUT2D eigenvalue weighted by atomic mass is 35.5. The number of ketones is 3. The van der Waals surface area contributed by atoms with Gasteiger partial charge in [-0.2, -0.15) is 0 Å². The van der Waals surface area contributed by atoms with E-state index in [9.17, 15) is 47.9 Å². The molecule has 8 aliphatic heterocycles. The van der Waals surface area contributed by atoms with E-state index in [-0.39, 0.29) is 96.3 Å². The van der Waals surface area contributed by atoms with Crippen LogP contribution in [-0.4, -0.2) is 550 Å². The number of rotatable bonds is 16. The summed E-state index contributed by atoms with van der Waals surface area (Å²) in [5, 5.41) is 11.5. The van der Waals surface area contributed by atoms with Crippen molar-refractivity contribution in [3.8, 4) is 0 Å². The Morgan fingerprint density at radius 3 is 1.10 bits per heavy atom. The van der Waals surface area contributed by atoms with Gasteiger partial charge in [0.2, 0.25) is 40.7 Å². The lowest BCUT2D eigenvalue weighted by atomic mass is 8.68. The highest BCUT2D eigenvalue weighted by molar-refractivity contribution is 7.89. The number of nitrogens with two attached hydrogens (primary N) is 1. The Hall–Kier alpha value is -0.612. The van der Waals surface area contributed by atoms with Gasteiger partial charge in [0.1, 0.15) is 0 Å². The maximum absolute atomic E-state index is 11.7. The summed E-state index contributed by atoms with van der Waals surface area (Å²) in [4.78, 5) is 119. The number of hydrogen-bond acceptors (Lipinski definition) is 18. The minimum Gasteiger partial charge on any atom is -0.385 e. The van der Waals surface area contributed by atoms with Gasteiger partial charge in [0.25, 0.3) is 0 Å². The van der Waals surface area contributed by atoms with Crippen molar-refractivity contribution in [3.05, 3.63) is 0 Å². The van der Waals surface area contributed by atoms with Crippen molar-refractivity contribution in [2.45, 2.75) is 95.3 Å². The standard InChI is InChI=1S/C10H17N3O2.C9H15N3O2.C8H17N2OP.C5H7NO2.C3H6NOP.C3H5NO.C3H8O.C2H2Cl2O.C2H9N2P.C2H6.3CH4.B8.B7.B6.B5.B4.B3.B2.B/c1-8(14)12-5-9(6-12)13-4-3-11(2)7-10(13)15;1-7(13)11-5-8(6-11)12-3-2-10-4-9(12)14;1-7(11)10-5-8(6-10)9-3-2-4-12;1-4(7)6-2-5(8)3-6;5-3-1-4(6)2-3;5-3-1-4-2-3;1-3-4-2;3-1-2(4)5;3-1-2-4-5;1-2;;;;1-6(2)8(5)7(3)4;1-5-7(4)6(2)3;1-5(2)6(3)4;1-4-5(2)3;1-4(2)3;1-3-2;1-2;/h9H,3-7H2,1-2H3;8,10H,2-6H2,1H3;8-9H,2-6,12H2,1H3;2-3H2,1H3;1-2,6H2;4H,1-2H2;3H2,1-2H3;1H2;4H,1-3,5H2;1-2H3;3*1H4;;;;;;;;. The number of carbonyl (C=O) groups excluding carboxylic acids is 10. The van der Waals surface area contributed by atoms with Gasteiger partial charge < -0.3 is 55.8 Å². The van der Waals surface area contributed by atoms with Gasteiger partial charge in [-0.05, 0) is 44.7 Å². The van der Waals surface area contributed by atoms with Crippen LogP contribution in [0.4, 0.5) is 0 Å². The van der Waals surface area contributed by atoms with Gasteiger partial charge in [-0.25, -0.2) is 0 Å². The van der Waals surface area contributed by atoms with Gasteiger partial charge in [-0.15, -0.1) is 20.8 Å². The van der Waals surface area contributed by atoms with Gasteiger partial charge in [-0.3, -0.25) is 62.6 Å². The van der Waals surface area contributed by atoms with Crippen LogP contribution in [0.2, 0.25) is 0 Å². The summed E-state index contributed by atoms with van der Waals surface area (Å²) in [6.07, 6.45) is -2.67. The first-order chi connectivity index (χ1) is 51.8. The molecule has 0 bridgehead atoms. The van der Waals surface area contributed by atoms with Crippen molar-refractivity contribution < 1.29 is 52.7 Å². The van der Waals surface area contributed by atoms with Gasteiger partial charge >= 0.3 is 0 Å². The lowest BCUT2D eigenvalue weighted by Gasteiger charge is -2.47. The molecule has 0 aromatic carbocycles. The number of alkyl halides is 1. The normalized spacial score (nSPS) is 14.4. The quantitative estimate of drug-likeness (QED) is 0.0316. The summed E-state index contributed by atoms with van der Waals surface area (Å²) in [6.45, 7) is 27.7. The Labute approximate surface area is 752 Å². The van der Waals surface area contributed by atoms with E-state index in [2.05, 4.69) is 108 Å². The minimum atomic E-state index is -0.667. The zero-order valence-electron chi connectivity index (χ0n) is 67.3. The zero-order chi connectivity index (χ0) is 88.7. The van der Waals surface area contributed by atoms with Crippen molar-refractivity contribution in [3.63, 3.8) is 0 Å². The predicted molar refractivity (Wildman–Crippen MR) is 535 cm³/mol.